The van der Waals surface area contributed by atoms with E-state index in [1.807, 2.05) is 0 Å². The normalized spacial score (nSPS) is 14.8. The van der Waals surface area contributed by atoms with Crippen LogP contribution in [-0.2, 0) is 14.4 Å². The minimum atomic E-state index is -0.458. The van der Waals surface area contributed by atoms with E-state index in [1.165, 1.54) is 6.08 Å². The summed E-state index contributed by atoms with van der Waals surface area (Å²) in [7, 11) is 0. The molecule has 0 fully saturated rings. The van der Waals surface area contributed by atoms with Crippen molar-refractivity contribution in [3.05, 3.63) is 11.8 Å². The van der Waals surface area contributed by atoms with Crippen LogP contribution < -0.4 is 10.6 Å². The Morgan fingerprint density at radius 2 is 1.82 bits per heavy atom. The minimum Gasteiger partial charge on any atom is -0.323 e. The Kier molecular flexibility index (Phi) is 4.56. The Balaban J connectivity index is 2.68. The number of dihydropyridines is 1. The molecular formula is C11H15N3O3. The topological polar surface area (TPSA) is 87.6 Å². The van der Waals surface area contributed by atoms with Crippen molar-refractivity contribution in [1.29, 1.82) is 0 Å². The summed E-state index contributed by atoms with van der Waals surface area (Å²) in [6.07, 6.45) is 2.09. The van der Waals surface area contributed by atoms with Gasteiger partial charge in [-0.15, -0.1) is 0 Å². The lowest BCUT2D eigenvalue weighted by Gasteiger charge is -2.14. The lowest BCUT2D eigenvalue weighted by molar-refractivity contribution is -0.121. The lowest BCUT2D eigenvalue weighted by atomic mass is 10.2. The summed E-state index contributed by atoms with van der Waals surface area (Å²) in [5, 5.41) is 4.89. The SMILES string of the molecule is CCC(=O)NC1=CCN=C(NC(=O)CC)C1=O. The van der Waals surface area contributed by atoms with Crippen LogP contribution in [0.5, 0.6) is 0 Å². The highest BCUT2D eigenvalue weighted by atomic mass is 16.2. The summed E-state index contributed by atoms with van der Waals surface area (Å²) in [4.78, 5) is 38.0. The number of carbonyl (C=O) groups excluding carboxylic acids is 3. The highest BCUT2D eigenvalue weighted by Crippen LogP contribution is 2.01. The Labute approximate surface area is 99.2 Å². The average Bonchev–Trinajstić information content (AvgIpc) is 2.33. The monoisotopic (exact) mass is 237 g/mol. The maximum atomic E-state index is 11.8. The Bertz CT molecular complexity index is 374. The lowest BCUT2D eigenvalue weighted by Crippen LogP contribution is -2.42. The number of hydrogen-bond acceptors (Lipinski definition) is 4. The van der Waals surface area contributed by atoms with Crippen LogP contribution in [0.4, 0.5) is 0 Å². The molecule has 0 spiro atoms. The van der Waals surface area contributed by atoms with Gasteiger partial charge in [-0.25, -0.2) is 0 Å². The minimum absolute atomic E-state index is 0.00856. The predicted octanol–water partition coefficient (Wildman–Crippen LogP) is -0.0961. The summed E-state index contributed by atoms with van der Waals surface area (Å²) >= 11 is 0. The maximum absolute atomic E-state index is 11.8. The van der Waals surface area contributed by atoms with Crippen LogP contribution in [-0.4, -0.2) is 30.0 Å². The first-order valence-corrected chi connectivity index (χ1v) is 5.47. The van der Waals surface area contributed by atoms with Crippen LogP contribution in [0.25, 0.3) is 0 Å². The first kappa shape index (κ1) is 13.1. The highest BCUT2D eigenvalue weighted by molar-refractivity contribution is 6.47. The molecule has 0 saturated heterocycles. The molecule has 0 aromatic heterocycles. The number of nitrogens with zero attached hydrogens (tertiary/aromatic N) is 1. The third-order valence-electron chi connectivity index (χ3n) is 2.18. The van der Waals surface area contributed by atoms with E-state index < -0.39 is 5.78 Å². The molecule has 0 aromatic rings. The quantitative estimate of drug-likeness (QED) is 0.718. The number of amidine groups is 1. The zero-order chi connectivity index (χ0) is 12.8. The van der Waals surface area contributed by atoms with Crippen molar-refractivity contribution < 1.29 is 14.4 Å². The van der Waals surface area contributed by atoms with E-state index in [0.717, 1.165) is 0 Å². The second-order valence-electron chi connectivity index (χ2n) is 3.44. The van der Waals surface area contributed by atoms with Gasteiger partial charge in [0.15, 0.2) is 5.84 Å². The molecular weight excluding hydrogens is 222 g/mol. The highest BCUT2D eigenvalue weighted by Gasteiger charge is 2.22. The van der Waals surface area contributed by atoms with Crippen LogP contribution >= 0.6 is 0 Å². The molecule has 1 aliphatic heterocycles. The summed E-state index contributed by atoms with van der Waals surface area (Å²) < 4.78 is 0. The third kappa shape index (κ3) is 3.51. The summed E-state index contributed by atoms with van der Waals surface area (Å²) in [5.74, 6) is -0.988. The predicted molar refractivity (Wildman–Crippen MR) is 62.3 cm³/mol. The van der Waals surface area contributed by atoms with Gasteiger partial charge < -0.3 is 10.6 Å². The number of nitrogens with one attached hydrogen (secondary N) is 2. The van der Waals surface area contributed by atoms with E-state index in [2.05, 4.69) is 15.6 Å². The number of rotatable bonds is 3. The van der Waals surface area contributed by atoms with Crippen LogP contribution in [0.3, 0.4) is 0 Å². The molecule has 1 heterocycles. The number of ketones is 1. The molecule has 2 N–H and O–H groups in total. The molecule has 0 aliphatic carbocycles. The summed E-state index contributed by atoms with van der Waals surface area (Å²) in [5.41, 5.74) is 0.179. The van der Waals surface area contributed by atoms with Crippen LogP contribution in [0.1, 0.15) is 26.7 Å². The van der Waals surface area contributed by atoms with Crippen molar-refractivity contribution >= 4 is 23.4 Å². The van der Waals surface area contributed by atoms with Crippen molar-refractivity contribution in [2.45, 2.75) is 26.7 Å². The zero-order valence-corrected chi connectivity index (χ0v) is 9.87. The Hall–Kier alpha value is -1.98. The van der Waals surface area contributed by atoms with Crippen molar-refractivity contribution in [2.24, 2.45) is 4.99 Å². The summed E-state index contributed by atoms with van der Waals surface area (Å²) in [6.45, 7) is 3.64. The van der Waals surface area contributed by atoms with E-state index in [-0.39, 0.29) is 36.3 Å². The second kappa shape index (κ2) is 5.93. The largest absolute Gasteiger partial charge is 0.323 e. The fraction of sp³-hybridized carbons (Fsp3) is 0.455. The molecule has 0 unspecified atom stereocenters. The van der Waals surface area contributed by atoms with Crippen molar-refractivity contribution in [3.8, 4) is 0 Å². The number of hydrogen-bond donors (Lipinski definition) is 2. The van der Waals surface area contributed by atoms with Crippen LogP contribution in [0.15, 0.2) is 16.8 Å². The zero-order valence-electron chi connectivity index (χ0n) is 9.87. The third-order valence-corrected chi connectivity index (χ3v) is 2.18. The Morgan fingerprint density at radius 1 is 1.24 bits per heavy atom. The fourth-order valence-corrected chi connectivity index (χ4v) is 1.18. The van der Waals surface area contributed by atoms with E-state index in [1.54, 1.807) is 13.8 Å². The number of carbonyl (C=O) groups is 3. The molecule has 0 bridgehead atoms. The molecule has 6 nitrogen and oxygen atoms in total. The molecule has 17 heavy (non-hydrogen) atoms. The number of amides is 2. The van der Waals surface area contributed by atoms with Gasteiger partial charge >= 0.3 is 0 Å². The first-order chi connectivity index (χ1) is 8.08. The summed E-state index contributed by atoms with van der Waals surface area (Å²) in [6, 6.07) is 0. The Morgan fingerprint density at radius 3 is 2.41 bits per heavy atom. The van der Waals surface area contributed by atoms with Gasteiger partial charge in [0.05, 0.1) is 12.2 Å². The fourth-order valence-electron chi connectivity index (χ4n) is 1.18. The maximum Gasteiger partial charge on any atom is 0.243 e. The van der Waals surface area contributed by atoms with Crippen LogP contribution in [0, 0.1) is 0 Å². The number of aliphatic imine (C=N–C) groups is 1. The van der Waals surface area contributed by atoms with Gasteiger partial charge in [0.2, 0.25) is 17.6 Å². The van der Waals surface area contributed by atoms with Gasteiger partial charge in [0.1, 0.15) is 0 Å². The van der Waals surface area contributed by atoms with Gasteiger partial charge in [-0.1, -0.05) is 13.8 Å². The molecule has 0 aromatic carbocycles. The molecule has 92 valence electrons. The average molecular weight is 237 g/mol. The molecule has 0 radical (unpaired) electrons. The van der Waals surface area contributed by atoms with Crippen molar-refractivity contribution in [3.63, 3.8) is 0 Å². The van der Waals surface area contributed by atoms with Gasteiger partial charge in [0, 0.05) is 12.8 Å². The second-order valence-corrected chi connectivity index (χ2v) is 3.44. The van der Waals surface area contributed by atoms with Crippen molar-refractivity contribution in [2.75, 3.05) is 6.54 Å². The van der Waals surface area contributed by atoms with E-state index >= 15 is 0 Å². The molecule has 1 aliphatic rings. The first-order valence-electron chi connectivity index (χ1n) is 5.47. The van der Waals surface area contributed by atoms with Gasteiger partial charge in [-0.05, 0) is 6.08 Å². The van der Waals surface area contributed by atoms with Crippen LogP contribution in [0.2, 0.25) is 0 Å². The number of Topliss-reactive ketones (excluding diaryl/α,β-unsaturated/α-hetero) is 1. The van der Waals surface area contributed by atoms with E-state index in [0.29, 0.717) is 6.42 Å². The van der Waals surface area contributed by atoms with Gasteiger partial charge in [-0.2, -0.15) is 0 Å². The standard InChI is InChI=1S/C11H15N3O3/c1-3-8(15)13-7-5-6-12-11(10(7)17)14-9(16)4-2/h5H,3-4,6H2,1-2H3,(H,13,15)(H,12,14,16). The molecule has 0 atom stereocenters. The smallest absolute Gasteiger partial charge is 0.243 e. The molecule has 1 rings (SSSR count). The van der Waals surface area contributed by atoms with Crippen molar-refractivity contribution in [1.82, 2.24) is 10.6 Å². The van der Waals surface area contributed by atoms with Gasteiger partial charge in [-0.3, -0.25) is 19.4 Å². The molecule has 6 heteroatoms. The van der Waals surface area contributed by atoms with E-state index in [4.69, 9.17) is 0 Å². The van der Waals surface area contributed by atoms with Gasteiger partial charge in [0.25, 0.3) is 0 Å². The molecule has 0 saturated carbocycles. The van der Waals surface area contributed by atoms with E-state index in [9.17, 15) is 14.4 Å². The molecule has 2 amide bonds.